The molecule has 0 spiro atoms. The zero-order valence-corrected chi connectivity index (χ0v) is 13.1. The normalized spacial score (nSPS) is 16.4. The molecule has 1 N–H and O–H groups in total. The number of imidazole rings is 1. The molecule has 0 saturated carbocycles. The van der Waals surface area contributed by atoms with Crippen molar-refractivity contribution in [1.29, 1.82) is 0 Å². The molecule has 0 radical (unpaired) electrons. The monoisotopic (exact) mass is 302 g/mol. The Morgan fingerprint density at radius 3 is 2.64 bits per heavy atom. The maximum absolute atomic E-state index is 11.0. The third-order valence-corrected chi connectivity index (χ3v) is 4.40. The quantitative estimate of drug-likeness (QED) is 0.929. The van der Waals surface area contributed by atoms with Gasteiger partial charge in [0.1, 0.15) is 12.4 Å². The lowest BCUT2D eigenvalue weighted by Gasteiger charge is -2.35. The molecule has 0 aliphatic carbocycles. The number of likely N-dealkylation sites (N-methyl/N-ethyl adjacent to an activating group) is 1. The summed E-state index contributed by atoms with van der Waals surface area (Å²) in [6.45, 7) is 9.31. The molecular weight excluding hydrogens is 280 g/mol. The van der Waals surface area contributed by atoms with E-state index in [2.05, 4.69) is 33.8 Å². The molecule has 1 fully saturated rings. The van der Waals surface area contributed by atoms with Crippen LogP contribution in [0.2, 0.25) is 0 Å². The van der Waals surface area contributed by atoms with Crippen LogP contribution < -0.4 is 4.90 Å². The van der Waals surface area contributed by atoms with Crippen molar-refractivity contribution in [2.24, 2.45) is 0 Å². The predicted octanol–water partition coefficient (Wildman–Crippen LogP) is 1.57. The zero-order chi connectivity index (χ0) is 15.7. The van der Waals surface area contributed by atoms with Gasteiger partial charge in [-0.2, -0.15) is 0 Å². The summed E-state index contributed by atoms with van der Waals surface area (Å²) in [4.78, 5) is 20.3. The van der Waals surface area contributed by atoms with Crippen LogP contribution in [0, 0.1) is 6.92 Å². The minimum absolute atomic E-state index is 0.0448. The summed E-state index contributed by atoms with van der Waals surface area (Å²) < 4.78 is 1.75. The van der Waals surface area contributed by atoms with Crippen LogP contribution in [-0.2, 0) is 11.3 Å². The summed E-state index contributed by atoms with van der Waals surface area (Å²) in [5, 5.41) is 9.01. The molecule has 118 valence electrons. The Balaban J connectivity index is 1.86. The largest absolute Gasteiger partial charge is 0.480 e. The molecule has 1 saturated heterocycles. The van der Waals surface area contributed by atoms with Crippen LogP contribution >= 0.6 is 0 Å². The number of aryl methyl sites for hydroxylation is 1. The van der Waals surface area contributed by atoms with Gasteiger partial charge in [0, 0.05) is 31.9 Å². The maximum atomic E-state index is 11.0. The number of aromatic nitrogens is 2. The Kier molecular flexibility index (Phi) is 4.02. The van der Waals surface area contributed by atoms with Crippen molar-refractivity contribution in [2.75, 3.05) is 37.6 Å². The minimum Gasteiger partial charge on any atom is -0.480 e. The Hall–Kier alpha value is -2.08. The number of aliphatic carboxylic acids is 1. The van der Waals surface area contributed by atoms with Gasteiger partial charge in [-0.3, -0.25) is 4.79 Å². The van der Waals surface area contributed by atoms with E-state index in [1.165, 1.54) is 5.69 Å². The van der Waals surface area contributed by atoms with Crippen molar-refractivity contribution < 1.29 is 9.90 Å². The molecule has 1 aromatic carbocycles. The summed E-state index contributed by atoms with van der Waals surface area (Å²) in [5.41, 5.74) is 2.92. The van der Waals surface area contributed by atoms with Crippen molar-refractivity contribution in [3.63, 3.8) is 0 Å². The second-order valence-corrected chi connectivity index (χ2v) is 5.73. The highest BCUT2D eigenvalue weighted by Gasteiger charge is 2.17. The lowest BCUT2D eigenvalue weighted by molar-refractivity contribution is -0.137. The molecule has 3 rings (SSSR count). The SMILES string of the molecule is CCN1CCN(c2ccc3c(c2)nc(C)n3CC(=O)O)CC1. The van der Waals surface area contributed by atoms with Crippen LogP contribution in [-0.4, -0.2) is 58.3 Å². The molecule has 0 bridgehead atoms. The van der Waals surface area contributed by atoms with Gasteiger partial charge in [-0.15, -0.1) is 0 Å². The fourth-order valence-corrected chi connectivity index (χ4v) is 3.09. The van der Waals surface area contributed by atoms with Crippen LogP contribution in [0.15, 0.2) is 18.2 Å². The average Bonchev–Trinajstić information content (AvgIpc) is 2.82. The van der Waals surface area contributed by atoms with Crippen molar-refractivity contribution in [1.82, 2.24) is 14.5 Å². The van der Waals surface area contributed by atoms with Crippen molar-refractivity contribution in [2.45, 2.75) is 20.4 Å². The third kappa shape index (κ3) is 2.78. The van der Waals surface area contributed by atoms with Gasteiger partial charge < -0.3 is 19.5 Å². The number of carboxylic acid groups (broad SMARTS) is 1. The Bertz CT molecular complexity index is 687. The average molecular weight is 302 g/mol. The second-order valence-electron chi connectivity index (χ2n) is 5.73. The number of hydrogen-bond donors (Lipinski definition) is 1. The molecule has 2 heterocycles. The number of carbonyl (C=O) groups is 1. The van der Waals surface area contributed by atoms with Crippen LogP contribution in [0.4, 0.5) is 5.69 Å². The molecule has 0 atom stereocenters. The van der Waals surface area contributed by atoms with E-state index >= 15 is 0 Å². The lowest BCUT2D eigenvalue weighted by atomic mass is 10.2. The van der Waals surface area contributed by atoms with Crippen molar-refractivity contribution >= 4 is 22.7 Å². The first-order valence-corrected chi connectivity index (χ1v) is 7.74. The molecule has 1 aliphatic heterocycles. The van der Waals surface area contributed by atoms with Crippen LogP contribution in [0.5, 0.6) is 0 Å². The van der Waals surface area contributed by atoms with Crippen LogP contribution in [0.25, 0.3) is 11.0 Å². The van der Waals surface area contributed by atoms with E-state index in [0.29, 0.717) is 0 Å². The first kappa shape index (κ1) is 14.8. The predicted molar refractivity (Wildman–Crippen MR) is 86.4 cm³/mol. The smallest absolute Gasteiger partial charge is 0.323 e. The van der Waals surface area contributed by atoms with E-state index < -0.39 is 5.97 Å². The first-order chi connectivity index (χ1) is 10.6. The molecule has 2 aromatic rings. The number of nitrogens with zero attached hydrogens (tertiary/aromatic N) is 4. The Labute approximate surface area is 130 Å². The lowest BCUT2D eigenvalue weighted by Crippen LogP contribution is -2.46. The van der Waals surface area contributed by atoms with Crippen molar-refractivity contribution in [3.05, 3.63) is 24.0 Å². The summed E-state index contributed by atoms with van der Waals surface area (Å²) in [6, 6.07) is 6.13. The molecule has 6 nitrogen and oxygen atoms in total. The molecular formula is C16H22N4O2. The number of hydrogen-bond acceptors (Lipinski definition) is 4. The first-order valence-electron chi connectivity index (χ1n) is 7.74. The summed E-state index contributed by atoms with van der Waals surface area (Å²) in [5.74, 6) is -0.104. The molecule has 0 unspecified atom stereocenters. The highest BCUT2D eigenvalue weighted by molar-refractivity contribution is 5.82. The van der Waals surface area contributed by atoms with Crippen molar-refractivity contribution in [3.8, 4) is 0 Å². The van der Waals surface area contributed by atoms with Gasteiger partial charge in [0.25, 0.3) is 0 Å². The summed E-state index contributed by atoms with van der Waals surface area (Å²) >= 11 is 0. The highest BCUT2D eigenvalue weighted by Crippen LogP contribution is 2.24. The zero-order valence-electron chi connectivity index (χ0n) is 13.1. The standard InChI is InChI=1S/C16H22N4O2/c1-3-18-6-8-19(9-7-18)13-4-5-15-14(10-13)17-12(2)20(15)11-16(21)22/h4-5,10H,3,6-9,11H2,1-2H3,(H,21,22). The van der Waals surface area contributed by atoms with E-state index in [-0.39, 0.29) is 6.54 Å². The van der Waals surface area contributed by atoms with Gasteiger partial charge in [0.15, 0.2) is 0 Å². The number of fused-ring (bicyclic) bond motifs is 1. The van der Waals surface area contributed by atoms with Gasteiger partial charge >= 0.3 is 5.97 Å². The van der Waals surface area contributed by atoms with E-state index in [0.717, 1.165) is 49.6 Å². The number of anilines is 1. The fraction of sp³-hybridized carbons (Fsp3) is 0.500. The highest BCUT2D eigenvalue weighted by atomic mass is 16.4. The third-order valence-electron chi connectivity index (χ3n) is 4.40. The van der Waals surface area contributed by atoms with E-state index in [4.69, 9.17) is 5.11 Å². The van der Waals surface area contributed by atoms with Gasteiger partial charge in [0.05, 0.1) is 11.0 Å². The van der Waals surface area contributed by atoms with E-state index in [1.807, 2.05) is 13.0 Å². The van der Waals surface area contributed by atoms with E-state index in [1.54, 1.807) is 4.57 Å². The van der Waals surface area contributed by atoms with Crippen LogP contribution in [0.3, 0.4) is 0 Å². The Morgan fingerprint density at radius 1 is 1.27 bits per heavy atom. The topological polar surface area (TPSA) is 61.6 Å². The van der Waals surface area contributed by atoms with Gasteiger partial charge in [-0.25, -0.2) is 4.98 Å². The molecule has 1 aliphatic rings. The molecule has 22 heavy (non-hydrogen) atoms. The number of carboxylic acids is 1. The van der Waals surface area contributed by atoms with Gasteiger partial charge in [0.2, 0.25) is 0 Å². The fourth-order valence-electron chi connectivity index (χ4n) is 3.09. The number of piperazine rings is 1. The number of benzene rings is 1. The maximum Gasteiger partial charge on any atom is 0.323 e. The van der Waals surface area contributed by atoms with Gasteiger partial charge in [-0.1, -0.05) is 6.92 Å². The summed E-state index contributed by atoms with van der Waals surface area (Å²) in [6.07, 6.45) is 0. The molecule has 6 heteroatoms. The summed E-state index contributed by atoms with van der Waals surface area (Å²) in [7, 11) is 0. The second kappa shape index (κ2) is 5.96. The minimum atomic E-state index is -0.845. The Morgan fingerprint density at radius 2 is 2.00 bits per heavy atom. The van der Waals surface area contributed by atoms with Gasteiger partial charge in [-0.05, 0) is 31.7 Å². The molecule has 0 amide bonds. The molecule has 1 aromatic heterocycles. The van der Waals surface area contributed by atoms with E-state index in [9.17, 15) is 4.79 Å². The number of rotatable bonds is 4. The van der Waals surface area contributed by atoms with Crippen LogP contribution in [0.1, 0.15) is 12.7 Å².